The molecule has 3 rings (SSSR count). The molecule has 6 nitrogen and oxygen atoms in total. The Kier molecular flexibility index (Phi) is 8.50. The molecular weight excluding hydrogens is 429 g/mol. The number of amides is 3. The van der Waals surface area contributed by atoms with E-state index in [1.54, 1.807) is 33.3 Å². The van der Waals surface area contributed by atoms with Crippen LogP contribution in [-0.2, 0) is 11.2 Å². The first-order chi connectivity index (χ1) is 15.4. The van der Waals surface area contributed by atoms with Gasteiger partial charge >= 0.3 is 6.03 Å². The van der Waals surface area contributed by atoms with E-state index in [0.717, 1.165) is 18.4 Å². The van der Waals surface area contributed by atoms with Crippen molar-refractivity contribution in [1.29, 1.82) is 0 Å². The van der Waals surface area contributed by atoms with E-state index in [1.165, 1.54) is 17.0 Å². The zero-order valence-corrected chi connectivity index (χ0v) is 19.8. The quantitative estimate of drug-likeness (QED) is 0.599. The van der Waals surface area contributed by atoms with Gasteiger partial charge in [0.2, 0.25) is 5.91 Å². The van der Waals surface area contributed by atoms with E-state index in [-0.39, 0.29) is 36.9 Å². The zero-order chi connectivity index (χ0) is 23.1. The summed E-state index contributed by atoms with van der Waals surface area (Å²) < 4.78 is 19.4. The van der Waals surface area contributed by atoms with Crippen LogP contribution >= 0.6 is 11.3 Å². The largest absolute Gasteiger partial charge is 0.491 e. The average Bonchev–Trinajstić information content (AvgIpc) is 3.26. The highest BCUT2D eigenvalue weighted by Gasteiger charge is 2.33. The van der Waals surface area contributed by atoms with Gasteiger partial charge in [-0.2, -0.15) is 0 Å². The molecule has 2 heterocycles. The second-order valence-electron chi connectivity index (χ2n) is 8.15. The van der Waals surface area contributed by atoms with Crippen LogP contribution in [0.4, 0.5) is 9.18 Å². The van der Waals surface area contributed by atoms with E-state index in [4.69, 9.17) is 4.74 Å². The summed E-state index contributed by atoms with van der Waals surface area (Å²) >= 11 is 1.68. The number of thiophene rings is 1. The van der Waals surface area contributed by atoms with Gasteiger partial charge < -0.3 is 19.9 Å². The highest BCUT2D eigenvalue weighted by atomic mass is 32.1. The SMILES string of the molecule is CCNC(=O)N(CC(=O)N1CCc2sccc2C1COc1cccc(F)c1)CC(C)CC. The van der Waals surface area contributed by atoms with Crippen LogP contribution in [0.5, 0.6) is 5.75 Å². The van der Waals surface area contributed by atoms with Crippen molar-refractivity contribution in [2.24, 2.45) is 5.92 Å². The van der Waals surface area contributed by atoms with Gasteiger partial charge in [-0.1, -0.05) is 26.3 Å². The summed E-state index contributed by atoms with van der Waals surface area (Å²) in [6.07, 6.45) is 1.71. The molecule has 1 aromatic heterocycles. The lowest BCUT2D eigenvalue weighted by molar-refractivity contribution is -0.135. The number of urea groups is 1. The maximum atomic E-state index is 13.6. The van der Waals surface area contributed by atoms with Crippen molar-refractivity contribution < 1.29 is 18.7 Å². The Morgan fingerprint density at radius 3 is 2.88 bits per heavy atom. The van der Waals surface area contributed by atoms with Crippen molar-refractivity contribution in [3.05, 3.63) is 52.0 Å². The Morgan fingerprint density at radius 1 is 1.34 bits per heavy atom. The fourth-order valence-corrected chi connectivity index (χ4v) is 4.78. The summed E-state index contributed by atoms with van der Waals surface area (Å²) in [6.45, 7) is 7.86. The molecule has 0 aliphatic carbocycles. The average molecular weight is 462 g/mol. The lowest BCUT2D eigenvalue weighted by Crippen LogP contribution is -2.50. The molecule has 2 unspecified atom stereocenters. The van der Waals surface area contributed by atoms with E-state index >= 15 is 0 Å². The Bertz CT molecular complexity index is 919. The number of fused-ring (bicyclic) bond motifs is 1. The second kappa shape index (κ2) is 11.3. The maximum Gasteiger partial charge on any atom is 0.317 e. The minimum Gasteiger partial charge on any atom is -0.491 e. The molecule has 0 fully saturated rings. The van der Waals surface area contributed by atoms with Gasteiger partial charge in [-0.05, 0) is 48.4 Å². The summed E-state index contributed by atoms with van der Waals surface area (Å²) in [5, 5.41) is 4.84. The second-order valence-corrected chi connectivity index (χ2v) is 9.15. The minimum atomic E-state index is -0.363. The number of rotatable bonds is 9. The number of nitrogens with one attached hydrogen (secondary N) is 1. The third-order valence-corrected chi connectivity index (χ3v) is 6.79. The third kappa shape index (κ3) is 6.00. The Balaban J connectivity index is 1.76. The van der Waals surface area contributed by atoms with Crippen molar-refractivity contribution >= 4 is 23.3 Å². The standard InChI is InChI=1S/C24H32FN3O3S/c1-4-17(3)14-27(24(30)26-5-2)15-23(29)28-11-9-22-20(10-12-32-22)21(28)16-31-19-8-6-7-18(25)13-19/h6-8,10,12-13,17,21H,4-5,9,11,14-16H2,1-3H3,(H,26,30). The van der Waals surface area contributed by atoms with Crippen molar-refractivity contribution in [3.8, 4) is 5.75 Å². The first kappa shape index (κ1) is 24.0. The Morgan fingerprint density at radius 2 is 2.16 bits per heavy atom. The monoisotopic (exact) mass is 461 g/mol. The van der Waals surface area contributed by atoms with Gasteiger partial charge in [0.25, 0.3) is 0 Å². The number of hydrogen-bond acceptors (Lipinski definition) is 4. The number of carbonyl (C=O) groups is 2. The van der Waals surface area contributed by atoms with E-state index in [0.29, 0.717) is 31.3 Å². The van der Waals surface area contributed by atoms with Crippen LogP contribution in [0.25, 0.3) is 0 Å². The highest BCUT2D eigenvalue weighted by Crippen LogP contribution is 2.34. The number of halogens is 1. The molecule has 32 heavy (non-hydrogen) atoms. The number of hydrogen-bond donors (Lipinski definition) is 1. The van der Waals surface area contributed by atoms with Crippen LogP contribution in [0.15, 0.2) is 35.7 Å². The lowest BCUT2D eigenvalue weighted by atomic mass is 10.00. The van der Waals surface area contributed by atoms with Crippen molar-refractivity contribution in [3.63, 3.8) is 0 Å². The molecule has 1 aliphatic rings. The molecule has 3 amide bonds. The molecule has 0 saturated heterocycles. The van der Waals surface area contributed by atoms with Crippen LogP contribution in [0.3, 0.4) is 0 Å². The maximum absolute atomic E-state index is 13.6. The zero-order valence-electron chi connectivity index (χ0n) is 19.0. The molecule has 0 bridgehead atoms. The van der Waals surface area contributed by atoms with Crippen molar-refractivity contribution in [2.45, 2.75) is 39.7 Å². The normalized spacial score (nSPS) is 16.2. The van der Waals surface area contributed by atoms with E-state index in [1.807, 2.05) is 18.4 Å². The van der Waals surface area contributed by atoms with Gasteiger partial charge in [0.05, 0.1) is 6.04 Å². The molecule has 1 N–H and O–H groups in total. The molecule has 8 heteroatoms. The third-order valence-electron chi connectivity index (χ3n) is 5.79. The molecule has 0 saturated carbocycles. The highest BCUT2D eigenvalue weighted by molar-refractivity contribution is 7.10. The van der Waals surface area contributed by atoms with Crippen LogP contribution in [-0.4, -0.2) is 54.5 Å². The topological polar surface area (TPSA) is 61.9 Å². The van der Waals surface area contributed by atoms with Gasteiger partial charge in [-0.3, -0.25) is 4.79 Å². The van der Waals surface area contributed by atoms with Gasteiger partial charge in [0, 0.05) is 30.6 Å². The van der Waals surface area contributed by atoms with Gasteiger partial charge in [0.1, 0.15) is 24.7 Å². The molecule has 2 aromatic rings. The molecule has 1 aromatic carbocycles. The number of carbonyl (C=O) groups excluding carboxylic acids is 2. The fourth-order valence-electron chi connectivity index (χ4n) is 3.85. The Hall–Kier alpha value is -2.61. The van der Waals surface area contributed by atoms with Crippen LogP contribution in [0.2, 0.25) is 0 Å². The van der Waals surface area contributed by atoms with E-state index < -0.39 is 0 Å². The smallest absolute Gasteiger partial charge is 0.317 e. The lowest BCUT2D eigenvalue weighted by Gasteiger charge is -2.37. The summed E-state index contributed by atoms with van der Waals surface area (Å²) in [5.41, 5.74) is 1.07. The van der Waals surface area contributed by atoms with Crippen LogP contribution < -0.4 is 10.1 Å². The predicted molar refractivity (Wildman–Crippen MR) is 124 cm³/mol. The first-order valence-electron chi connectivity index (χ1n) is 11.2. The van der Waals surface area contributed by atoms with Gasteiger partial charge in [-0.15, -0.1) is 11.3 Å². The van der Waals surface area contributed by atoms with Gasteiger partial charge in [0.15, 0.2) is 0 Å². The summed E-state index contributed by atoms with van der Waals surface area (Å²) in [5.74, 6) is 0.255. The molecular formula is C24H32FN3O3S. The molecule has 0 spiro atoms. The van der Waals surface area contributed by atoms with Crippen molar-refractivity contribution in [2.75, 3.05) is 32.8 Å². The molecule has 0 radical (unpaired) electrons. The number of benzene rings is 1. The summed E-state index contributed by atoms with van der Waals surface area (Å²) in [6, 6.07) is 7.54. The predicted octanol–water partition coefficient (Wildman–Crippen LogP) is 4.47. The summed E-state index contributed by atoms with van der Waals surface area (Å²) in [7, 11) is 0. The minimum absolute atomic E-state index is 0.0199. The van der Waals surface area contributed by atoms with Crippen molar-refractivity contribution in [1.82, 2.24) is 15.1 Å². The summed E-state index contributed by atoms with van der Waals surface area (Å²) in [4.78, 5) is 30.6. The Labute approximate surface area is 193 Å². The fraction of sp³-hybridized carbons (Fsp3) is 0.500. The van der Waals surface area contributed by atoms with Gasteiger partial charge in [-0.25, -0.2) is 9.18 Å². The molecule has 1 aliphatic heterocycles. The molecule has 174 valence electrons. The number of ether oxygens (including phenoxy) is 1. The van der Waals surface area contributed by atoms with Crippen LogP contribution in [0.1, 0.15) is 43.7 Å². The van der Waals surface area contributed by atoms with E-state index in [9.17, 15) is 14.0 Å². The van der Waals surface area contributed by atoms with E-state index in [2.05, 4.69) is 19.2 Å². The first-order valence-corrected chi connectivity index (χ1v) is 12.1. The number of nitrogens with zero attached hydrogens (tertiary/aromatic N) is 2. The van der Waals surface area contributed by atoms with Crippen LogP contribution in [0, 0.1) is 11.7 Å². The molecule has 2 atom stereocenters.